The maximum atomic E-state index is 11.7. The predicted octanol–water partition coefficient (Wildman–Crippen LogP) is 0.192. The van der Waals surface area contributed by atoms with E-state index in [1.807, 2.05) is 0 Å². The van der Waals surface area contributed by atoms with Gasteiger partial charge in [0, 0.05) is 29.7 Å². The standard InChI is InChI=1S/C9H4N2O4S2/c12-6-2-4-1-5-3-7(13)11(9(5)15)17-16-10(6)8(4)14/h2-3H,1H2. The molecule has 0 N–H and O–H groups in total. The SMILES string of the molecule is O=C1C=C2CC3=CC(=O)N(SSN1C2=O)C3=O. The van der Waals surface area contributed by atoms with Gasteiger partial charge in [-0.1, -0.05) is 0 Å². The number of hydrogen-bond acceptors (Lipinski definition) is 6. The van der Waals surface area contributed by atoms with Gasteiger partial charge in [-0.3, -0.25) is 19.2 Å². The van der Waals surface area contributed by atoms with Crippen LogP contribution in [0.3, 0.4) is 0 Å². The van der Waals surface area contributed by atoms with E-state index in [2.05, 4.69) is 0 Å². The van der Waals surface area contributed by atoms with Crippen LogP contribution in [0.4, 0.5) is 0 Å². The molecule has 0 spiro atoms. The molecule has 4 bridgehead atoms. The summed E-state index contributed by atoms with van der Waals surface area (Å²) in [4.78, 5) is 46.4. The zero-order valence-corrected chi connectivity index (χ0v) is 9.84. The van der Waals surface area contributed by atoms with Crippen molar-refractivity contribution < 1.29 is 19.2 Å². The molecule has 6 nitrogen and oxygen atoms in total. The van der Waals surface area contributed by atoms with Gasteiger partial charge < -0.3 is 0 Å². The number of nitrogens with zero attached hydrogens (tertiary/aromatic N) is 2. The number of carbonyl (C=O) groups excluding carboxylic acids is 4. The molecule has 1 fully saturated rings. The Morgan fingerprint density at radius 1 is 0.824 bits per heavy atom. The van der Waals surface area contributed by atoms with Crippen molar-refractivity contribution in [2.45, 2.75) is 6.42 Å². The molecule has 0 unspecified atom stereocenters. The summed E-state index contributed by atoms with van der Waals surface area (Å²) in [5.74, 6) is -1.68. The van der Waals surface area contributed by atoms with E-state index in [1.165, 1.54) is 12.2 Å². The largest absolute Gasteiger partial charge is 0.268 e. The average molecular weight is 268 g/mol. The highest BCUT2D eigenvalue weighted by atomic mass is 33.1. The minimum atomic E-state index is -0.425. The Morgan fingerprint density at radius 2 is 1.24 bits per heavy atom. The predicted molar refractivity (Wildman–Crippen MR) is 59.7 cm³/mol. The monoisotopic (exact) mass is 268 g/mol. The molecule has 3 aliphatic heterocycles. The van der Waals surface area contributed by atoms with E-state index in [1.54, 1.807) is 0 Å². The molecule has 86 valence electrons. The lowest BCUT2D eigenvalue weighted by Gasteiger charge is -2.15. The van der Waals surface area contributed by atoms with Gasteiger partial charge in [-0.25, -0.2) is 8.61 Å². The van der Waals surface area contributed by atoms with Crippen molar-refractivity contribution in [2.24, 2.45) is 0 Å². The number of rotatable bonds is 0. The summed E-state index contributed by atoms with van der Waals surface area (Å²) >= 11 is 0. The van der Waals surface area contributed by atoms with Crippen LogP contribution < -0.4 is 0 Å². The van der Waals surface area contributed by atoms with Gasteiger partial charge in [-0.2, -0.15) is 0 Å². The van der Waals surface area contributed by atoms with E-state index in [-0.39, 0.29) is 17.6 Å². The molecule has 0 aliphatic carbocycles. The van der Waals surface area contributed by atoms with Gasteiger partial charge >= 0.3 is 0 Å². The Hall–Kier alpha value is -1.54. The van der Waals surface area contributed by atoms with Crippen LogP contribution in [0.15, 0.2) is 23.3 Å². The van der Waals surface area contributed by atoms with Crippen molar-refractivity contribution in [3.63, 3.8) is 0 Å². The van der Waals surface area contributed by atoms with Crippen molar-refractivity contribution in [1.29, 1.82) is 0 Å². The lowest BCUT2D eigenvalue weighted by Crippen LogP contribution is -2.25. The summed E-state index contributed by atoms with van der Waals surface area (Å²) in [6, 6.07) is 0. The number of imide groups is 2. The van der Waals surface area contributed by atoms with E-state index < -0.39 is 23.6 Å². The molecule has 3 aliphatic rings. The third kappa shape index (κ3) is 1.44. The molecule has 8 heteroatoms. The fourth-order valence-corrected chi connectivity index (χ4v) is 3.67. The first-order valence-corrected chi connectivity index (χ1v) is 6.67. The smallest absolute Gasteiger partial charge is 0.268 e. The number of amides is 4. The van der Waals surface area contributed by atoms with E-state index in [0.29, 0.717) is 0 Å². The fraction of sp³-hybridized carbons (Fsp3) is 0.111. The van der Waals surface area contributed by atoms with E-state index in [0.717, 1.165) is 30.6 Å². The summed E-state index contributed by atoms with van der Waals surface area (Å²) in [7, 11) is 1.57. The third-order valence-corrected chi connectivity index (χ3v) is 4.63. The highest BCUT2D eigenvalue weighted by molar-refractivity contribution is 8.75. The van der Waals surface area contributed by atoms with Crippen LogP contribution in [-0.2, 0) is 19.2 Å². The van der Waals surface area contributed by atoms with Gasteiger partial charge in [0.15, 0.2) is 0 Å². The summed E-state index contributed by atoms with van der Waals surface area (Å²) in [5.41, 5.74) is 0.499. The molecule has 17 heavy (non-hydrogen) atoms. The second kappa shape index (κ2) is 3.47. The minimum Gasteiger partial charge on any atom is -0.268 e. The quantitative estimate of drug-likeness (QED) is 0.355. The Balaban J connectivity index is 2.05. The normalized spacial score (nSPS) is 23.5. The van der Waals surface area contributed by atoms with Gasteiger partial charge in [-0.15, -0.1) is 0 Å². The van der Waals surface area contributed by atoms with Crippen molar-refractivity contribution in [2.75, 3.05) is 0 Å². The lowest BCUT2D eigenvalue weighted by molar-refractivity contribution is -0.132. The minimum absolute atomic E-state index is 0.0310. The first-order valence-electron chi connectivity index (χ1n) is 4.60. The van der Waals surface area contributed by atoms with Crippen LogP contribution in [-0.4, -0.2) is 32.2 Å². The molecule has 0 aromatic carbocycles. The maximum absolute atomic E-state index is 11.7. The third-order valence-electron chi connectivity index (χ3n) is 2.48. The Labute approximate surface area is 103 Å². The molecular formula is C9H4N2O4S2. The zero-order valence-electron chi connectivity index (χ0n) is 8.21. The first kappa shape index (κ1) is 10.6. The van der Waals surface area contributed by atoms with Gasteiger partial charge in [0.1, 0.15) is 0 Å². The van der Waals surface area contributed by atoms with Crippen molar-refractivity contribution >= 4 is 45.6 Å². The van der Waals surface area contributed by atoms with Crippen molar-refractivity contribution in [1.82, 2.24) is 8.61 Å². The Kier molecular flexibility index (Phi) is 2.17. The lowest BCUT2D eigenvalue weighted by atomic mass is 10.1. The number of hydrogen-bond donors (Lipinski definition) is 0. The fourth-order valence-electron chi connectivity index (χ4n) is 1.67. The second-order valence-corrected chi connectivity index (χ2v) is 5.46. The van der Waals surface area contributed by atoms with E-state index in [9.17, 15) is 19.2 Å². The summed E-state index contributed by atoms with van der Waals surface area (Å²) in [6.07, 6.45) is 2.45. The molecule has 0 radical (unpaired) electrons. The average Bonchev–Trinajstić information content (AvgIpc) is 2.69. The van der Waals surface area contributed by atoms with Gasteiger partial charge in [0.25, 0.3) is 23.6 Å². The molecular weight excluding hydrogens is 264 g/mol. The van der Waals surface area contributed by atoms with Gasteiger partial charge in [0.2, 0.25) is 0 Å². The van der Waals surface area contributed by atoms with Crippen LogP contribution in [0.1, 0.15) is 6.42 Å². The van der Waals surface area contributed by atoms with Crippen LogP contribution in [0, 0.1) is 0 Å². The number of fused-ring (bicyclic) bond motifs is 4. The van der Waals surface area contributed by atoms with Crippen molar-refractivity contribution in [3.05, 3.63) is 23.3 Å². The van der Waals surface area contributed by atoms with E-state index >= 15 is 0 Å². The molecule has 3 heterocycles. The van der Waals surface area contributed by atoms with Gasteiger partial charge in [0.05, 0.1) is 22.0 Å². The van der Waals surface area contributed by atoms with Crippen molar-refractivity contribution in [3.8, 4) is 0 Å². The van der Waals surface area contributed by atoms with Crippen LogP contribution in [0.2, 0.25) is 0 Å². The molecule has 0 atom stereocenters. The second-order valence-electron chi connectivity index (χ2n) is 3.54. The van der Waals surface area contributed by atoms with Crippen LogP contribution >= 0.6 is 22.0 Å². The topological polar surface area (TPSA) is 74.8 Å². The van der Waals surface area contributed by atoms with Crippen LogP contribution in [0.5, 0.6) is 0 Å². The molecule has 0 aromatic rings. The van der Waals surface area contributed by atoms with Gasteiger partial charge in [-0.05, 0) is 0 Å². The Morgan fingerprint density at radius 3 is 1.65 bits per heavy atom. The maximum Gasteiger partial charge on any atom is 0.268 e. The molecule has 0 aromatic heterocycles. The molecule has 4 amide bonds. The Bertz CT molecular complexity index is 503. The van der Waals surface area contributed by atoms with E-state index in [4.69, 9.17) is 0 Å². The summed E-state index contributed by atoms with van der Waals surface area (Å²) < 4.78 is 1.89. The highest BCUT2D eigenvalue weighted by Crippen LogP contribution is 2.40. The molecule has 3 rings (SSSR count). The molecule has 1 saturated heterocycles. The first-order chi connectivity index (χ1) is 8.08. The highest BCUT2D eigenvalue weighted by Gasteiger charge is 2.41. The summed E-state index contributed by atoms with van der Waals surface area (Å²) in [5, 5.41) is 0. The summed E-state index contributed by atoms with van der Waals surface area (Å²) in [6.45, 7) is 0. The molecule has 0 saturated carbocycles. The number of carbonyl (C=O) groups is 4. The zero-order chi connectivity index (χ0) is 12.2. The van der Waals surface area contributed by atoms with Crippen LogP contribution in [0.25, 0.3) is 0 Å².